The van der Waals surface area contributed by atoms with E-state index in [1.165, 1.54) is 0 Å². The molecule has 0 radical (unpaired) electrons. The van der Waals surface area contributed by atoms with Crippen LogP contribution in [-0.2, 0) is 10.2 Å². The normalized spacial score (nSPS) is 12.3. The van der Waals surface area contributed by atoms with Crippen molar-refractivity contribution in [3.8, 4) is 0 Å². The van der Waals surface area contributed by atoms with E-state index in [9.17, 15) is 4.79 Å². The summed E-state index contributed by atoms with van der Waals surface area (Å²) in [6.07, 6.45) is 1.90. The number of hydrogen-bond donors (Lipinski definition) is 1. The average Bonchev–Trinajstić information content (AvgIpc) is 2.46. The SMILES string of the molecule is C/C(=C\C(C)(C)c1ccc(N(CCCl)CCCl)cc1)C(N)=O. The third-order valence-corrected chi connectivity index (χ3v) is 3.99. The van der Waals surface area contributed by atoms with Gasteiger partial charge in [0.25, 0.3) is 0 Å². The summed E-state index contributed by atoms with van der Waals surface area (Å²) in [5.41, 5.74) is 7.83. The number of hydrogen-bond acceptors (Lipinski definition) is 2. The second-order valence-electron chi connectivity index (χ2n) is 5.83. The molecule has 0 aliphatic rings. The first kappa shape index (κ1) is 18.9. The number of allylic oxidation sites excluding steroid dienone is 1. The minimum atomic E-state index is -0.389. The Morgan fingerprint density at radius 2 is 1.68 bits per heavy atom. The van der Waals surface area contributed by atoms with Gasteiger partial charge in [0.1, 0.15) is 0 Å². The quantitative estimate of drug-likeness (QED) is 0.578. The summed E-state index contributed by atoms with van der Waals surface area (Å²) < 4.78 is 0. The molecular formula is C17H24Cl2N2O. The Balaban J connectivity index is 3.00. The van der Waals surface area contributed by atoms with Gasteiger partial charge in [0.15, 0.2) is 0 Å². The average molecular weight is 343 g/mol. The molecule has 1 aromatic carbocycles. The van der Waals surface area contributed by atoms with Gasteiger partial charge in [-0.1, -0.05) is 32.1 Å². The summed E-state index contributed by atoms with van der Waals surface area (Å²) in [4.78, 5) is 13.4. The van der Waals surface area contributed by atoms with Crippen molar-refractivity contribution < 1.29 is 4.79 Å². The van der Waals surface area contributed by atoms with Crippen molar-refractivity contribution in [3.63, 3.8) is 0 Å². The van der Waals surface area contributed by atoms with Crippen LogP contribution in [0.3, 0.4) is 0 Å². The third kappa shape index (κ3) is 5.22. The van der Waals surface area contributed by atoms with Gasteiger partial charge in [-0.2, -0.15) is 0 Å². The number of amides is 1. The van der Waals surface area contributed by atoms with Crippen LogP contribution in [0.5, 0.6) is 0 Å². The fourth-order valence-corrected chi connectivity index (χ4v) is 2.78. The van der Waals surface area contributed by atoms with E-state index in [0.717, 1.165) is 24.3 Å². The Labute approximate surface area is 143 Å². The second kappa shape index (κ2) is 8.44. The van der Waals surface area contributed by atoms with Gasteiger partial charge in [-0.05, 0) is 24.6 Å². The summed E-state index contributed by atoms with van der Waals surface area (Å²) in [6, 6.07) is 8.25. The second-order valence-corrected chi connectivity index (χ2v) is 6.58. The number of carbonyl (C=O) groups is 1. The molecule has 122 valence electrons. The highest BCUT2D eigenvalue weighted by Gasteiger charge is 2.19. The lowest BCUT2D eigenvalue weighted by Crippen LogP contribution is -2.27. The van der Waals surface area contributed by atoms with E-state index in [4.69, 9.17) is 28.9 Å². The number of primary amides is 1. The first-order chi connectivity index (χ1) is 10.3. The highest BCUT2D eigenvalue weighted by atomic mass is 35.5. The molecule has 0 aromatic heterocycles. The summed E-state index contributed by atoms with van der Waals surface area (Å²) >= 11 is 11.7. The van der Waals surface area contributed by atoms with Crippen molar-refractivity contribution >= 4 is 34.8 Å². The monoisotopic (exact) mass is 342 g/mol. The van der Waals surface area contributed by atoms with Crippen LogP contribution >= 0.6 is 23.2 Å². The van der Waals surface area contributed by atoms with E-state index >= 15 is 0 Å². The van der Waals surface area contributed by atoms with E-state index in [1.54, 1.807) is 6.92 Å². The minimum Gasteiger partial charge on any atom is -0.369 e. The van der Waals surface area contributed by atoms with E-state index in [2.05, 4.69) is 43.0 Å². The van der Waals surface area contributed by atoms with E-state index < -0.39 is 0 Å². The van der Waals surface area contributed by atoms with Crippen LogP contribution in [0.4, 0.5) is 5.69 Å². The molecule has 1 amide bonds. The van der Waals surface area contributed by atoms with Crippen LogP contribution in [0.15, 0.2) is 35.9 Å². The fourth-order valence-electron chi connectivity index (χ4n) is 2.37. The van der Waals surface area contributed by atoms with E-state index in [1.807, 2.05) is 6.08 Å². The van der Waals surface area contributed by atoms with Crippen molar-refractivity contribution in [2.24, 2.45) is 5.73 Å². The van der Waals surface area contributed by atoms with Gasteiger partial charge >= 0.3 is 0 Å². The maximum Gasteiger partial charge on any atom is 0.244 e. The van der Waals surface area contributed by atoms with Crippen molar-refractivity contribution in [1.29, 1.82) is 0 Å². The van der Waals surface area contributed by atoms with Gasteiger partial charge in [0.2, 0.25) is 5.91 Å². The molecule has 3 nitrogen and oxygen atoms in total. The van der Waals surface area contributed by atoms with Gasteiger partial charge < -0.3 is 10.6 Å². The zero-order valence-corrected chi connectivity index (χ0v) is 14.9. The topological polar surface area (TPSA) is 46.3 Å². The van der Waals surface area contributed by atoms with Crippen LogP contribution in [-0.4, -0.2) is 30.8 Å². The Kier molecular flexibility index (Phi) is 7.24. The smallest absolute Gasteiger partial charge is 0.244 e. The maximum atomic E-state index is 11.2. The molecule has 0 saturated heterocycles. The number of rotatable bonds is 8. The van der Waals surface area contributed by atoms with Crippen LogP contribution in [0.2, 0.25) is 0 Å². The highest BCUT2D eigenvalue weighted by molar-refractivity contribution is 6.18. The Hall–Kier alpha value is -1.19. The lowest BCUT2D eigenvalue weighted by Gasteiger charge is -2.26. The number of carbonyl (C=O) groups excluding carboxylic acids is 1. The third-order valence-electron chi connectivity index (χ3n) is 3.65. The van der Waals surface area contributed by atoms with Crippen molar-refractivity contribution in [1.82, 2.24) is 0 Å². The highest BCUT2D eigenvalue weighted by Crippen LogP contribution is 2.28. The van der Waals surface area contributed by atoms with Crippen molar-refractivity contribution in [3.05, 3.63) is 41.5 Å². The molecule has 0 heterocycles. The van der Waals surface area contributed by atoms with E-state index in [-0.39, 0.29) is 11.3 Å². The Morgan fingerprint density at radius 1 is 1.18 bits per heavy atom. The summed E-state index contributed by atoms with van der Waals surface area (Å²) in [5, 5.41) is 0. The molecule has 0 aliphatic heterocycles. The van der Waals surface area contributed by atoms with Gasteiger partial charge in [0.05, 0.1) is 0 Å². The van der Waals surface area contributed by atoms with Crippen LogP contribution < -0.4 is 10.6 Å². The zero-order valence-electron chi connectivity index (χ0n) is 13.4. The van der Waals surface area contributed by atoms with Crippen LogP contribution in [0, 0.1) is 0 Å². The summed E-state index contributed by atoms with van der Waals surface area (Å²) in [5.74, 6) is 0.732. The molecule has 1 aromatic rings. The van der Waals surface area contributed by atoms with Gasteiger partial charge in [0, 0.05) is 41.5 Å². The molecule has 0 unspecified atom stereocenters. The fraction of sp³-hybridized carbons (Fsp3) is 0.471. The number of halogens is 2. The van der Waals surface area contributed by atoms with Crippen LogP contribution in [0.25, 0.3) is 0 Å². The first-order valence-electron chi connectivity index (χ1n) is 7.28. The molecule has 1 rings (SSSR count). The van der Waals surface area contributed by atoms with Crippen molar-refractivity contribution in [2.45, 2.75) is 26.2 Å². The summed E-state index contributed by atoms with van der Waals surface area (Å²) in [7, 11) is 0. The minimum absolute atomic E-state index is 0.262. The predicted molar refractivity (Wildman–Crippen MR) is 96.1 cm³/mol. The molecule has 0 saturated carbocycles. The van der Waals surface area contributed by atoms with Crippen molar-refractivity contribution in [2.75, 3.05) is 29.7 Å². The summed E-state index contributed by atoms with van der Waals surface area (Å²) in [6.45, 7) is 7.38. The Morgan fingerprint density at radius 3 is 2.09 bits per heavy atom. The maximum absolute atomic E-state index is 11.2. The largest absolute Gasteiger partial charge is 0.369 e. The molecule has 22 heavy (non-hydrogen) atoms. The number of anilines is 1. The van der Waals surface area contributed by atoms with Gasteiger partial charge in [-0.3, -0.25) is 4.79 Å². The van der Waals surface area contributed by atoms with Gasteiger partial charge in [-0.25, -0.2) is 0 Å². The molecule has 0 aliphatic carbocycles. The lowest BCUT2D eigenvalue weighted by molar-refractivity contribution is -0.114. The number of nitrogens with zero attached hydrogens (tertiary/aromatic N) is 1. The zero-order chi connectivity index (χ0) is 16.8. The van der Waals surface area contributed by atoms with E-state index in [0.29, 0.717) is 17.3 Å². The molecule has 0 atom stereocenters. The molecule has 5 heteroatoms. The van der Waals surface area contributed by atoms with Gasteiger partial charge in [-0.15, -0.1) is 23.2 Å². The lowest BCUT2D eigenvalue weighted by atomic mass is 9.83. The number of nitrogens with two attached hydrogens (primary N) is 1. The molecule has 0 bridgehead atoms. The Bertz CT molecular complexity index is 518. The molecule has 0 fully saturated rings. The number of benzene rings is 1. The standard InChI is InChI=1S/C17H24Cl2N2O/c1-13(16(20)22)12-17(2,3)14-4-6-15(7-5-14)21(10-8-18)11-9-19/h4-7,12H,8-11H2,1-3H3,(H2,20,22)/b13-12+. The predicted octanol–water partition coefficient (Wildman–Crippen LogP) is 3.68. The number of alkyl halides is 2. The molecule has 2 N–H and O–H groups in total. The van der Waals surface area contributed by atoms with Crippen LogP contribution in [0.1, 0.15) is 26.3 Å². The molecule has 0 spiro atoms. The molecular weight excluding hydrogens is 319 g/mol. The first-order valence-corrected chi connectivity index (χ1v) is 8.35.